The summed E-state index contributed by atoms with van der Waals surface area (Å²) in [6.07, 6.45) is 5.29. The fourth-order valence-electron chi connectivity index (χ4n) is 3.30. The summed E-state index contributed by atoms with van der Waals surface area (Å²) in [5.41, 5.74) is 0. The SMILES string of the molecule is CCO[Si](CCC1CCC(C)C(C)C1)(OCC)OCC. The molecule has 3 nitrogen and oxygen atoms in total. The van der Waals surface area contributed by atoms with E-state index in [0.717, 1.165) is 23.8 Å². The van der Waals surface area contributed by atoms with Crippen molar-refractivity contribution in [3.8, 4) is 0 Å². The fourth-order valence-corrected chi connectivity index (χ4v) is 6.07. The summed E-state index contributed by atoms with van der Waals surface area (Å²) < 4.78 is 17.8. The Kier molecular flexibility index (Phi) is 8.33. The maximum atomic E-state index is 5.94. The van der Waals surface area contributed by atoms with Crippen LogP contribution in [0, 0.1) is 17.8 Å². The fraction of sp³-hybridized carbons (Fsp3) is 1.00. The summed E-state index contributed by atoms with van der Waals surface area (Å²) in [7, 11) is -2.42. The Morgan fingerprint density at radius 3 is 1.85 bits per heavy atom. The molecule has 0 spiro atoms. The van der Waals surface area contributed by atoms with E-state index >= 15 is 0 Å². The van der Waals surface area contributed by atoms with E-state index < -0.39 is 8.80 Å². The van der Waals surface area contributed by atoms with E-state index in [0.29, 0.717) is 19.8 Å². The van der Waals surface area contributed by atoms with Crippen molar-refractivity contribution in [1.82, 2.24) is 0 Å². The van der Waals surface area contributed by atoms with Crippen LogP contribution in [0.1, 0.15) is 60.3 Å². The van der Waals surface area contributed by atoms with Gasteiger partial charge < -0.3 is 13.3 Å². The minimum Gasteiger partial charge on any atom is -0.374 e. The van der Waals surface area contributed by atoms with Gasteiger partial charge in [-0.25, -0.2) is 0 Å². The predicted octanol–water partition coefficient (Wildman–Crippen LogP) is 4.50. The van der Waals surface area contributed by atoms with Crippen LogP contribution in [-0.2, 0) is 13.3 Å². The van der Waals surface area contributed by atoms with Crippen LogP contribution in [0.25, 0.3) is 0 Å². The van der Waals surface area contributed by atoms with Crippen LogP contribution in [0.15, 0.2) is 0 Å². The Morgan fingerprint density at radius 1 is 0.850 bits per heavy atom. The number of rotatable bonds is 9. The molecule has 0 aromatic carbocycles. The highest BCUT2D eigenvalue weighted by Gasteiger charge is 2.41. The van der Waals surface area contributed by atoms with Gasteiger partial charge in [0.25, 0.3) is 0 Å². The molecule has 0 amide bonds. The number of hydrogen-bond donors (Lipinski definition) is 0. The second-order valence-corrected chi connectivity index (χ2v) is 8.89. The highest BCUT2D eigenvalue weighted by Crippen LogP contribution is 2.37. The van der Waals surface area contributed by atoms with Crippen molar-refractivity contribution in [2.75, 3.05) is 19.8 Å². The monoisotopic (exact) mass is 302 g/mol. The van der Waals surface area contributed by atoms with Crippen LogP contribution in [-0.4, -0.2) is 28.6 Å². The van der Waals surface area contributed by atoms with Crippen LogP contribution >= 0.6 is 0 Å². The average molecular weight is 303 g/mol. The van der Waals surface area contributed by atoms with Crippen molar-refractivity contribution < 1.29 is 13.3 Å². The van der Waals surface area contributed by atoms with Crippen molar-refractivity contribution in [2.45, 2.75) is 66.3 Å². The van der Waals surface area contributed by atoms with Crippen LogP contribution in [0.5, 0.6) is 0 Å². The second kappa shape index (κ2) is 9.18. The summed E-state index contributed by atoms with van der Waals surface area (Å²) in [5.74, 6) is 2.57. The zero-order valence-corrected chi connectivity index (χ0v) is 15.1. The molecule has 3 unspecified atom stereocenters. The van der Waals surface area contributed by atoms with Gasteiger partial charge >= 0.3 is 8.80 Å². The quantitative estimate of drug-likeness (QED) is 0.587. The topological polar surface area (TPSA) is 27.7 Å². The van der Waals surface area contributed by atoms with Gasteiger partial charge in [-0.3, -0.25) is 0 Å². The van der Waals surface area contributed by atoms with Crippen molar-refractivity contribution in [3.05, 3.63) is 0 Å². The molecule has 20 heavy (non-hydrogen) atoms. The first-order chi connectivity index (χ1) is 9.56. The van der Waals surface area contributed by atoms with Crippen LogP contribution in [0.4, 0.5) is 0 Å². The van der Waals surface area contributed by atoms with Gasteiger partial charge in [0.05, 0.1) is 0 Å². The van der Waals surface area contributed by atoms with Crippen LogP contribution < -0.4 is 0 Å². The van der Waals surface area contributed by atoms with E-state index in [-0.39, 0.29) is 0 Å². The van der Waals surface area contributed by atoms with Crippen molar-refractivity contribution in [1.29, 1.82) is 0 Å². The Morgan fingerprint density at radius 2 is 1.40 bits per heavy atom. The van der Waals surface area contributed by atoms with Crippen molar-refractivity contribution >= 4 is 8.80 Å². The second-order valence-electron chi connectivity index (χ2n) is 6.15. The largest absolute Gasteiger partial charge is 0.500 e. The Bertz CT molecular complexity index is 243. The van der Waals surface area contributed by atoms with Gasteiger partial charge in [-0.2, -0.15) is 0 Å². The molecule has 0 bridgehead atoms. The molecule has 0 aliphatic heterocycles. The molecule has 1 saturated carbocycles. The first-order valence-electron chi connectivity index (χ1n) is 8.48. The summed E-state index contributed by atoms with van der Waals surface area (Å²) in [4.78, 5) is 0. The minimum absolute atomic E-state index is 0.685. The highest BCUT2D eigenvalue weighted by molar-refractivity contribution is 6.60. The lowest BCUT2D eigenvalue weighted by molar-refractivity contribution is 0.0679. The summed E-state index contributed by atoms with van der Waals surface area (Å²) in [5, 5.41) is 0. The standard InChI is InChI=1S/C16H34O3Si/c1-6-17-20(18-7-2,19-8-3)12-11-16-10-9-14(4)15(5)13-16/h14-16H,6-13H2,1-5H3. The molecule has 0 aromatic rings. The average Bonchev–Trinajstić information content (AvgIpc) is 2.41. The first-order valence-corrected chi connectivity index (χ1v) is 10.4. The summed E-state index contributed by atoms with van der Waals surface area (Å²) in [6.45, 7) is 12.9. The highest BCUT2D eigenvalue weighted by atomic mass is 28.4. The number of hydrogen-bond acceptors (Lipinski definition) is 3. The lowest BCUT2D eigenvalue weighted by atomic mass is 9.75. The first kappa shape index (κ1) is 18.1. The molecule has 1 fully saturated rings. The van der Waals surface area contributed by atoms with E-state index in [4.69, 9.17) is 13.3 Å². The van der Waals surface area contributed by atoms with Gasteiger partial charge in [-0.15, -0.1) is 0 Å². The van der Waals surface area contributed by atoms with Crippen LogP contribution in [0.2, 0.25) is 6.04 Å². The summed E-state index contributed by atoms with van der Waals surface area (Å²) >= 11 is 0. The molecular weight excluding hydrogens is 268 g/mol. The smallest absolute Gasteiger partial charge is 0.374 e. The van der Waals surface area contributed by atoms with E-state index in [1.807, 2.05) is 20.8 Å². The minimum atomic E-state index is -2.42. The molecule has 4 heteroatoms. The van der Waals surface area contributed by atoms with Gasteiger partial charge in [0.15, 0.2) is 0 Å². The van der Waals surface area contributed by atoms with Crippen LogP contribution in [0.3, 0.4) is 0 Å². The van der Waals surface area contributed by atoms with E-state index in [9.17, 15) is 0 Å². The molecule has 1 aliphatic carbocycles. The molecule has 0 heterocycles. The molecular formula is C16H34O3Si. The normalized spacial score (nSPS) is 27.8. The van der Waals surface area contributed by atoms with Gasteiger partial charge in [0.1, 0.15) is 0 Å². The zero-order valence-electron chi connectivity index (χ0n) is 14.1. The molecule has 1 rings (SSSR count). The Hall–Kier alpha value is 0.0969. The Labute approximate surface area is 126 Å². The van der Waals surface area contributed by atoms with Gasteiger partial charge in [-0.05, 0) is 51.4 Å². The summed E-state index contributed by atoms with van der Waals surface area (Å²) in [6, 6.07) is 0.980. The van der Waals surface area contributed by atoms with E-state index in [2.05, 4.69) is 13.8 Å². The van der Waals surface area contributed by atoms with Crippen molar-refractivity contribution in [2.24, 2.45) is 17.8 Å². The van der Waals surface area contributed by atoms with Gasteiger partial charge in [0, 0.05) is 25.9 Å². The Balaban J connectivity index is 2.52. The third kappa shape index (κ3) is 5.47. The molecule has 0 aromatic heterocycles. The molecule has 0 saturated heterocycles. The van der Waals surface area contributed by atoms with Crippen molar-refractivity contribution in [3.63, 3.8) is 0 Å². The molecule has 0 radical (unpaired) electrons. The molecule has 120 valence electrons. The van der Waals surface area contributed by atoms with Gasteiger partial charge in [-0.1, -0.05) is 26.7 Å². The van der Waals surface area contributed by atoms with E-state index in [1.165, 1.54) is 25.7 Å². The lowest BCUT2D eigenvalue weighted by Gasteiger charge is -2.34. The maximum absolute atomic E-state index is 5.94. The molecule has 0 N–H and O–H groups in total. The van der Waals surface area contributed by atoms with Gasteiger partial charge in [0.2, 0.25) is 0 Å². The predicted molar refractivity (Wildman–Crippen MR) is 85.7 cm³/mol. The lowest BCUT2D eigenvalue weighted by Crippen LogP contribution is -2.46. The van der Waals surface area contributed by atoms with E-state index in [1.54, 1.807) is 0 Å². The third-order valence-corrected chi connectivity index (χ3v) is 7.74. The third-order valence-electron chi connectivity index (χ3n) is 4.66. The molecule has 1 aliphatic rings. The zero-order chi connectivity index (χ0) is 15.0. The molecule has 3 atom stereocenters. The maximum Gasteiger partial charge on any atom is 0.500 e.